The molecule has 0 bridgehead atoms. The molecule has 2 atom stereocenters. The molecule has 0 aliphatic heterocycles. The van der Waals surface area contributed by atoms with Crippen molar-refractivity contribution in [3.05, 3.63) is 34.1 Å². The standard InChI is InChI=1S/C13H19BrFNO/c1-9(8-17-2)5-12(16)6-10-3-4-11(14)7-13(10)15/h3-4,7,9,12H,5-6,8,16H2,1-2H3. The average molecular weight is 304 g/mol. The van der Waals surface area contributed by atoms with E-state index in [0.29, 0.717) is 24.5 Å². The molecule has 1 aromatic carbocycles. The number of nitrogens with two attached hydrogens (primary N) is 1. The number of methoxy groups -OCH3 is 1. The third-order valence-electron chi connectivity index (χ3n) is 2.65. The van der Waals surface area contributed by atoms with Gasteiger partial charge in [-0.2, -0.15) is 0 Å². The quantitative estimate of drug-likeness (QED) is 0.876. The van der Waals surface area contributed by atoms with Crippen molar-refractivity contribution in [3.63, 3.8) is 0 Å². The minimum absolute atomic E-state index is 0.0316. The highest BCUT2D eigenvalue weighted by Gasteiger charge is 2.12. The Morgan fingerprint density at radius 1 is 1.47 bits per heavy atom. The molecule has 2 N–H and O–H groups in total. The molecule has 2 nitrogen and oxygen atoms in total. The van der Waals surface area contributed by atoms with Crippen LogP contribution in [0.2, 0.25) is 0 Å². The first-order valence-electron chi connectivity index (χ1n) is 5.71. The topological polar surface area (TPSA) is 35.2 Å². The predicted octanol–water partition coefficient (Wildman–Crippen LogP) is 3.13. The van der Waals surface area contributed by atoms with Crippen LogP contribution in [0, 0.1) is 11.7 Å². The number of benzene rings is 1. The smallest absolute Gasteiger partial charge is 0.127 e. The van der Waals surface area contributed by atoms with Crippen LogP contribution in [0.3, 0.4) is 0 Å². The Bertz CT molecular complexity index is 359. The zero-order chi connectivity index (χ0) is 12.8. The molecule has 2 unspecified atom stereocenters. The van der Waals surface area contributed by atoms with Gasteiger partial charge in [0.2, 0.25) is 0 Å². The van der Waals surface area contributed by atoms with Gasteiger partial charge in [0, 0.05) is 24.2 Å². The largest absolute Gasteiger partial charge is 0.384 e. The average Bonchev–Trinajstić information content (AvgIpc) is 2.22. The second kappa shape index (κ2) is 7.09. The van der Waals surface area contributed by atoms with Gasteiger partial charge < -0.3 is 10.5 Å². The van der Waals surface area contributed by atoms with Gasteiger partial charge in [0.25, 0.3) is 0 Å². The summed E-state index contributed by atoms with van der Waals surface area (Å²) >= 11 is 3.24. The molecule has 0 saturated carbocycles. The highest BCUT2D eigenvalue weighted by molar-refractivity contribution is 9.10. The fraction of sp³-hybridized carbons (Fsp3) is 0.538. The van der Waals surface area contributed by atoms with Crippen LogP contribution in [0.15, 0.2) is 22.7 Å². The summed E-state index contributed by atoms with van der Waals surface area (Å²) < 4.78 is 19.4. The van der Waals surface area contributed by atoms with Gasteiger partial charge >= 0.3 is 0 Å². The molecule has 0 saturated heterocycles. The van der Waals surface area contributed by atoms with Crippen molar-refractivity contribution in [2.75, 3.05) is 13.7 Å². The lowest BCUT2D eigenvalue weighted by Gasteiger charge is -2.17. The lowest BCUT2D eigenvalue weighted by atomic mass is 9.97. The van der Waals surface area contributed by atoms with Crippen LogP contribution in [0.1, 0.15) is 18.9 Å². The first kappa shape index (κ1) is 14.6. The van der Waals surface area contributed by atoms with Crippen LogP contribution >= 0.6 is 15.9 Å². The van der Waals surface area contributed by atoms with Crippen LogP contribution in [0.5, 0.6) is 0 Å². The van der Waals surface area contributed by atoms with Crippen molar-refractivity contribution in [1.82, 2.24) is 0 Å². The second-order valence-electron chi connectivity index (χ2n) is 4.50. The molecule has 0 spiro atoms. The van der Waals surface area contributed by atoms with E-state index in [1.54, 1.807) is 13.2 Å². The van der Waals surface area contributed by atoms with Crippen molar-refractivity contribution < 1.29 is 9.13 Å². The van der Waals surface area contributed by atoms with Crippen LogP contribution in [0.4, 0.5) is 4.39 Å². The summed E-state index contributed by atoms with van der Waals surface area (Å²) in [6.07, 6.45) is 1.40. The Labute approximate surface area is 110 Å². The minimum Gasteiger partial charge on any atom is -0.384 e. The van der Waals surface area contributed by atoms with Gasteiger partial charge in [-0.3, -0.25) is 0 Å². The van der Waals surface area contributed by atoms with E-state index >= 15 is 0 Å². The fourth-order valence-electron chi connectivity index (χ4n) is 1.92. The zero-order valence-electron chi connectivity index (χ0n) is 10.2. The number of halogens is 2. The number of rotatable bonds is 6. The molecule has 1 rings (SSSR count). The normalized spacial score (nSPS) is 14.6. The van der Waals surface area contributed by atoms with E-state index in [1.165, 1.54) is 6.07 Å². The highest BCUT2D eigenvalue weighted by Crippen LogP contribution is 2.18. The van der Waals surface area contributed by atoms with E-state index in [-0.39, 0.29) is 11.9 Å². The Morgan fingerprint density at radius 2 is 2.18 bits per heavy atom. The zero-order valence-corrected chi connectivity index (χ0v) is 11.8. The minimum atomic E-state index is -0.200. The molecule has 4 heteroatoms. The molecule has 0 amide bonds. The number of ether oxygens (including phenoxy) is 1. The molecule has 17 heavy (non-hydrogen) atoms. The first-order chi connectivity index (χ1) is 8.02. The molecule has 96 valence electrons. The summed E-state index contributed by atoms with van der Waals surface area (Å²) in [5.74, 6) is 0.197. The van der Waals surface area contributed by atoms with E-state index in [1.807, 2.05) is 6.07 Å². The molecular weight excluding hydrogens is 285 g/mol. The summed E-state index contributed by atoms with van der Waals surface area (Å²) in [4.78, 5) is 0. The van der Waals surface area contributed by atoms with Crippen molar-refractivity contribution in [1.29, 1.82) is 0 Å². The van der Waals surface area contributed by atoms with Crippen LogP contribution in [-0.2, 0) is 11.2 Å². The number of hydrogen-bond donors (Lipinski definition) is 1. The van der Waals surface area contributed by atoms with Gasteiger partial charge in [0.15, 0.2) is 0 Å². The predicted molar refractivity (Wildman–Crippen MR) is 71.4 cm³/mol. The van der Waals surface area contributed by atoms with Crippen molar-refractivity contribution in [2.45, 2.75) is 25.8 Å². The third-order valence-corrected chi connectivity index (χ3v) is 3.15. The summed E-state index contributed by atoms with van der Waals surface area (Å²) in [5.41, 5.74) is 6.68. The maximum atomic E-state index is 13.6. The monoisotopic (exact) mass is 303 g/mol. The Kier molecular flexibility index (Phi) is 6.09. The van der Waals surface area contributed by atoms with Crippen LogP contribution in [0.25, 0.3) is 0 Å². The molecule has 0 aliphatic carbocycles. The van der Waals surface area contributed by atoms with E-state index < -0.39 is 0 Å². The number of hydrogen-bond acceptors (Lipinski definition) is 2. The SMILES string of the molecule is COCC(C)CC(N)Cc1ccc(Br)cc1F. The molecule has 1 aromatic rings. The Hall–Kier alpha value is -0.450. The van der Waals surface area contributed by atoms with Gasteiger partial charge in [0.1, 0.15) is 5.82 Å². The fourth-order valence-corrected chi connectivity index (χ4v) is 2.26. The summed E-state index contributed by atoms with van der Waals surface area (Å²) in [5, 5.41) is 0. The van der Waals surface area contributed by atoms with E-state index in [0.717, 1.165) is 10.9 Å². The van der Waals surface area contributed by atoms with Crippen LogP contribution in [-0.4, -0.2) is 19.8 Å². The van der Waals surface area contributed by atoms with Gasteiger partial charge in [-0.1, -0.05) is 28.9 Å². The Balaban J connectivity index is 2.52. The van der Waals surface area contributed by atoms with E-state index in [4.69, 9.17) is 10.5 Å². The van der Waals surface area contributed by atoms with Gasteiger partial charge in [-0.15, -0.1) is 0 Å². The third kappa shape index (κ3) is 5.15. The van der Waals surface area contributed by atoms with Gasteiger partial charge in [-0.05, 0) is 36.5 Å². The molecule has 0 fully saturated rings. The van der Waals surface area contributed by atoms with Gasteiger partial charge in [-0.25, -0.2) is 4.39 Å². The van der Waals surface area contributed by atoms with Crippen molar-refractivity contribution >= 4 is 15.9 Å². The molecule has 0 heterocycles. The maximum Gasteiger partial charge on any atom is 0.127 e. The summed E-state index contributed by atoms with van der Waals surface area (Å²) in [6, 6.07) is 5.06. The molecule has 0 aromatic heterocycles. The molecular formula is C13H19BrFNO. The van der Waals surface area contributed by atoms with E-state index in [2.05, 4.69) is 22.9 Å². The summed E-state index contributed by atoms with van der Waals surface area (Å²) in [7, 11) is 1.68. The van der Waals surface area contributed by atoms with Gasteiger partial charge in [0.05, 0.1) is 0 Å². The Morgan fingerprint density at radius 3 is 2.76 bits per heavy atom. The van der Waals surface area contributed by atoms with Crippen LogP contribution < -0.4 is 5.73 Å². The maximum absolute atomic E-state index is 13.6. The van der Waals surface area contributed by atoms with Crippen molar-refractivity contribution in [2.24, 2.45) is 11.7 Å². The molecule has 0 aliphatic rings. The van der Waals surface area contributed by atoms with Crippen molar-refractivity contribution in [3.8, 4) is 0 Å². The molecule has 0 radical (unpaired) electrons. The lowest BCUT2D eigenvalue weighted by molar-refractivity contribution is 0.152. The summed E-state index contributed by atoms with van der Waals surface area (Å²) in [6.45, 7) is 2.78. The van der Waals surface area contributed by atoms with E-state index in [9.17, 15) is 4.39 Å². The highest BCUT2D eigenvalue weighted by atomic mass is 79.9. The second-order valence-corrected chi connectivity index (χ2v) is 5.41. The lowest BCUT2D eigenvalue weighted by Crippen LogP contribution is -2.27. The first-order valence-corrected chi connectivity index (χ1v) is 6.50.